The highest BCUT2D eigenvalue weighted by atomic mass is 16.3. The van der Waals surface area contributed by atoms with E-state index in [2.05, 4.69) is 20.2 Å². The van der Waals surface area contributed by atoms with Gasteiger partial charge in [-0.3, -0.25) is 10.4 Å². The second kappa shape index (κ2) is 7.89. The average Bonchev–Trinajstić information content (AvgIpc) is 3.44. The lowest BCUT2D eigenvalue weighted by Gasteiger charge is -2.17. The van der Waals surface area contributed by atoms with Crippen molar-refractivity contribution in [1.82, 2.24) is 29.5 Å². The van der Waals surface area contributed by atoms with Gasteiger partial charge in [-0.1, -0.05) is 12.1 Å². The Morgan fingerprint density at radius 3 is 2.58 bits per heavy atom. The molecule has 4 N–H and O–H groups in total. The molecule has 0 saturated heterocycles. The molecular weight excluding hydrogens is 418 g/mol. The lowest BCUT2D eigenvalue weighted by Crippen LogP contribution is -2.33. The van der Waals surface area contributed by atoms with E-state index in [0.717, 1.165) is 27.7 Å². The zero-order valence-corrected chi connectivity index (χ0v) is 18.2. The first-order valence-electron chi connectivity index (χ1n) is 10.4. The van der Waals surface area contributed by atoms with Gasteiger partial charge in [-0.2, -0.15) is 10.2 Å². The van der Waals surface area contributed by atoms with Crippen molar-refractivity contribution in [2.24, 2.45) is 12.8 Å². The SMILES string of the molecule is Cn1ccc(-c2cc(-c3cccc(C(C)(N)O)n3)cc3c2cnn3-c2cccc(CO)n2)n1. The lowest BCUT2D eigenvalue weighted by molar-refractivity contribution is 0.0602. The predicted molar refractivity (Wildman–Crippen MR) is 124 cm³/mol. The molecule has 0 radical (unpaired) electrons. The number of benzene rings is 1. The third kappa shape index (κ3) is 3.89. The Balaban J connectivity index is 1.77. The van der Waals surface area contributed by atoms with Crippen molar-refractivity contribution < 1.29 is 10.2 Å². The Bertz CT molecular complexity index is 1460. The number of fused-ring (bicyclic) bond motifs is 1. The number of hydrogen-bond acceptors (Lipinski definition) is 7. The van der Waals surface area contributed by atoms with Crippen LogP contribution in [0.5, 0.6) is 0 Å². The average molecular weight is 441 g/mol. The number of hydrogen-bond donors (Lipinski definition) is 3. The van der Waals surface area contributed by atoms with Crippen molar-refractivity contribution in [3.63, 3.8) is 0 Å². The Morgan fingerprint density at radius 2 is 1.85 bits per heavy atom. The van der Waals surface area contributed by atoms with Gasteiger partial charge >= 0.3 is 0 Å². The molecule has 1 aromatic carbocycles. The summed E-state index contributed by atoms with van der Waals surface area (Å²) < 4.78 is 3.47. The molecule has 0 bridgehead atoms. The normalized spacial score (nSPS) is 13.4. The van der Waals surface area contributed by atoms with Crippen molar-refractivity contribution in [3.8, 4) is 28.3 Å². The van der Waals surface area contributed by atoms with Crippen LogP contribution in [0.2, 0.25) is 0 Å². The first-order chi connectivity index (χ1) is 15.8. The van der Waals surface area contributed by atoms with E-state index in [4.69, 9.17) is 5.73 Å². The zero-order valence-electron chi connectivity index (χ0n) is 18.2. The van der Waals surface area contributed by atoms with Crippen LogP contribution in [-0.4, -0.2) is 39.7 Å². The van der Waals surface area contributed by atoms with Crippen LogP contribution < -0.4 is 5.73 Å². The molecule has 9 heteroatoms. The van der Waals surface area contributed by atoms with Crippen molar-refractivity contribution in [3.05, 3.63) is 78.4 Å². The molecule has 4 aromatic heterocycles. The zero-order chi connectivity index (χ0) is 23.2. The standard InChI is InChI=1S/C24H23N7O2/c1-24(25,33)22-7-4-6-19(28-22)15-11-17(20-9-10-30(2)29-20)18-13-26-31(21(18)12-15)23-8-3-5-16(14-32)27-23/h3-13,32-33H,14,25H2,1-2H3. The fourth-order valence-corrected chi connectivity index (χ4v) is 3.78. The number of rotatable bonds is 5. The van der Waals surface area contributed by atoms with E-state index in [1.165, 1.54) is 6.92 Å². The van der Waals surface area contributed by atoms with Crippen LogP contribution in [0.15, 0.2) is 67.0 Å². The summed E-state index contributed by atoms with van der Waals surface area (Å²) in [5.41, 5.74) is 9.19. The maximum atomic E-state index is 10.2. The van der Waals surface area contributed by atoms with Gasteiger partial charge in [0.25, 0.3) is 0 Å². The van der Waals surface area contributed by atoms with Crippen molar-refractivity contribution in [2.75, 3.05) is 0 Å². The first-order valence-corrected chi connectivity index (χ1v) is 10.4. The molecule has 0 aliphatic rings. The van der Waals surface area contributed by atoms with Gasteiger partial charge < -0.3 is 10.2 Å². The molecule has 166 valence electrons. The van der Waals surface area contributed by atoms with Gasteiger partial charge in [0, 0.05) is 29.8 Å². The van der Waals surface area contributed by atoms with Crippen LogP contribution in [0, 0.1) is 0 Å². The minimum Gasteiger partial charge on any atom is -0.390 e. The van der Waals surface area contributed by atoms with Gasteiger partial charge in [-0.15, -0.1) is 0 Å². The fourth-order valence-electron chi connectivity index (χ4n) is 3.78. The molecular formula is C24H23N7O2. The van der Waals surface area contributed by atoms with Gasteiger partial charge in [0.15, 0.2) is 11.5 Å². The van der Waals surface area contributed by atoms with Gasteiger partial charge in [0.05, 0.1) is 41.1 Å². The highest BCUT2D eigenvalue weighted by molar-refractivity contribution is 5.97. The Labute approximate surface area is 189 Å². The maximum Gasteiger partial charge on any atom is 0.154 e. The monoisotopic (exact) mass is 441 g/mol. The number of aliphatic hydroxyl groups is 2. The van der Waals surface area contributed by atoms with Crippen molar-refractivity contribution >= 4 is 10.9 Å². The largest absolute Gasteiger partial charge is 0.390 e. The summed E-state index contributed by atoms with van der Waals surface area (Å²) >= 11 is 0. The van der Waals surface area contributed by atoms with Crippen LogP contribution in [0.1, 0.15) is 18.3 Å². The van der Waals surface area contributed by atoms with E-state index in [1.807, 2.05) is 55.7 Å². The smallest absolute Gasteiger partial charge is 0.154 e. The number of aliphatic hydroxyl groups excluding tert-OH is 1. The third-order valence-electron chi connectivity index (χ3n) is 5.41. The van der Waals surface area contributed by atoms with Crippen molar-refractivity contribution in [2.45, 2.75) is 19.3 Å². The van der Waals surface area contributed by atoms with Gasteiger partial charge in [-0.25, -0.2) is 14.6 Å². The minimum atomic E-state index is -1.56. The third-order valence-corrected chi connectivity index (χ3v) is 5.41. The molecule has 0 spiro atoms. The molecule has 1 atom stereocenters. The molecule has 0 saturated carbocycles. The second-order valence-electron chi connectivity index (χ2n) is 8.09. The molecule has 33 heavy (non-hydrogen) atoms. The van der Waals surface area contributed by atoms with E-state index in [0.29, 0.717) is 22.9 Å². The van der Waals surface area contributed by atoms with Gasteiger partial charge in [0.1, 0.15) is 0 Å². The topological polar surface area (TPSA) is 128 Å². The number of nitrogens with two attached hydrogens (primary N) is 1. The number of nitrogens with zero attached hydrogens (tertiary/aromatic N) is 6. The fraction of sp³-hybridized carbons (Fsp3) is 0.167. The molecule has 0 aliphatic heterocycles. The summed E-state index contributed by atoms with van der Waals surface area (Å²) in [5.74, 6) is 0.590. The predicted octanol–water partition coefficient (Wildman–Crippen LogP) is 2.50. The van der Waals surface area contributed by atoms with E-state index < -0.39 is 5.72 Å². The van der Waals surface area contributed by atoms with Crippen LogP contribution in [0.4, 0.5) is 0 Å². The van der Waals surface area contributed by atoms with Crippen LogP contribution in [0.25, 0.3) is 39.2 Å². The maximum absolute atomic E-state index is 10.2. The Kier molecular flexibility index (Phi) is 5.01. The Morgan fingerprint density at radius 1 is 1.03 bits per heavy atom. The molecule has 5 aromatic rings. The molecule has 0 amide bonds. The molecule has 9 nitrogen and oxygen atoms in total. The highest BCUT2D eigenvalue weighted by Gasteiger charge is 2.20. The quantitative estimate of drug-likeness (QED) is 0.358. The summed E-state index contributed by atoms with van der Waals surface area (Å²) in [6, 6.07) is 16.7. The summed E-state index contributed by atoms with van der Waals surface area (Å²) in [5, 5.41) is 29.8. The molecule has 5 rings (SSSR count). The number of pyridine rings is 2. The van der Waals surface area contributed by atoms with Gasteiger partial charge in [0.2, 0.25) is 0 Å². The Hall–Kier alpha value is -3.92. The molecule has 0 aliphatic carbocycles. The van der Waals surface area contributed by atoms with E-state index in [-0.39, 0.29) is 6.61 Å². The van der Waals surface area contributed by atoms with E-state index >= 15 is 0 Å². The first kappa shape index (κ1) is 21.0. The molecule has 4 heterocycles. The molecule has 1 unspecified atom stereocenters. The molecule has 0 fully saturated rings. The van der Waals surface area contributed by atoms with Crippen LogP contribution in [0.3, 0.4) is 0 Å². The number of aryl methyl sites for hydroxylation is 1. The van der Waals surface area contributed by atoms with Crippen LogP contribution >= 0.6 is 0 Å². The van der Waals surface area contributed by atoms with Crippen LogP contribution in [-0.2, 0) is 19.4 Å². The summed E-state index contributed by atoms with van der Waals surface area (Å²) in [7, 11) is 1.87. The van der Waals surface area contributed by atoms with E-state index in [9.17, 15) is 10.2 Å². The summed E-state index contributed by atoms with van der Waals surface area (Å²) in [6.45, 7) is 1.34. The minimum absolute atomic E-state index is 0.160. The highest BCUT2D eigenvalue weighted by Crippen LogP contribution is 2.34. The van der Waals surface area contributed by atoms with Crippen molar-refractivity contribution in [1.29, 1.82) is 0 Å². The van der Waals surface area contributed by atoms with E-state index in [1.54, 1.807) is 27.7 Å². The summed E-state index contributed by atoms with van der Waals surface area (Å²) in [6.07, 6.45) is 3.67. The number of aromatic nitrogens is 6. The second-order valence-corrected chi connectivity index (χ2v) is 8.09. The van der Waals surface area contributed by atoms with Gasteiger partial charge in [-0.05, 0) is 49.4 Å². The summed E-state index contributed by atoms with van der Waals surface area (Å²) in [4.78, 5) is 9.10. The lowest BCUT2D eigenvalue weighted by atomic mass is 10.0.